The maximum atomic E-state index is 8.57. The maximum absolute atomic E-state index is 8.57. The van der Waals surface area contributed by atoms with Gasteiger partial charge in [-0.05, 0) is 0 Å². The smallest absolute Gasteiger partial charge is 0.177 e. The highest BCUT2D eigenvalue weighted by Gasteiger charge is 1.18. The summed E-state index contributed by atoms with van der Waals surface area (Å²) in [4.78, 5) is 14.2. The Morgan fingerprint density at radius 3 is 1.00 bits per heavy atom. The molecule has 0 aromatic carbocycles. The van der Waals surface area contributed by atoms with Gasteiger partial charge < -0.3 is 15.3 Å². The minimum Gasteiger partial charge on any atom is -0.412 e. The molecule has 48 valence electrons. The zero-order valence-corrected chi connectivity index (χ0v) is 5.68. The SMILES string of the molecule is O.O=[PH2]O.O=[PH2]O. The summed E-state index contributed by atoms with van der Waals surface area (Å²) in [6, 6.07) is 0. The van der Waals surface area contributed by atoms with Crippen LogP contribution in [-0.4, -0.2) is 15.3 Å². The molecular formula is H8O5P2. The molecule has 0 bridgehead atoms. The Labute approximate surface area is 42.9 Å². The van der Waals surface area contributed by atoms with Gasteiger partial charge in [-0.2, -0.15) is 0 Å². The summed E-state index contributed by atoms with van der Waals surface area (Å²) < 4.78 is 17.1. The van der Waals surface area contributed by atoms with Crippen LogP contribution in [0, 0.1) is 0 Å². The Hall–Kier alpha value is 0.340. The van der Waals surface area contributed by atoms with Crippen LogP contribution in [0.4, 0.5) is 0 Å². The minimum absolute atomic E-state index is 0. The highest BCUT2D eigenvalue weighted by Crippen LogP contribution is 1.66. The van der Waals surface area contributed by atoms with E-state index in [0.717, 1.165) is 0 Å². The minimum atomic E-state index is -1.50. The third kappa shape index (κ3) is 1030. The second kappa shape index (κ2) is 33.0. The molecule has 0 radical (unpaired) electrons. The van der Waals surface area contributed by atoms with Crippen LogP contribution in [0.5, 0.6) is 0 Å². The lowest BCUT2D eigenvalue weighted by Crippen LogP contribution is -1.03. The molecule has 0 aliphatic rings. The van der Waals surface area contributed by atoms with Gasteiger partial charge in [-0.15, -0.1) is 0 Å². The van der Waals surface area contributed by atoms with Crippen molar-refractivity contribution in [1.82, 2.24) is 0 Å². The summed E-state index contributed by atoms with van der Waals surface area (Å²) in [6.45, 7) is 0. The average Bonchev–Trinajstić information content (AvgIpc) is 1.39. The van der Waals surface area contributed by atoms with Crippen molar-refractivity contribution >= 4 is 17.4 Å². The summed E-state index contributed by atoms with van der Waals surface area (Å²) in [7, 11) is -3.00. The Kier molecular flexibility index (Phi) is 73.9. The third-order valence-electron chi connectivity index (χ3n) is 0. The molecule has 0 saturated carbocycles. The quantitative estimate of drug-likeness (QED) is 0.408. The van der Waals surface area contributed by atoms with Gasteiger partial charge in [-0.3, -0.25) is 9.13 Å². The van der Waals surface area contributed by atoms with Crippen molar-refractivity contribution in [2.24, 2.45) is 0 Å². The largest absolute Gasteiger partial charge is 0.412 e. The van der Waals surface area contributed by atoms with E-state index in [0.29, 0.717) is 0 Å². The van der Waals surface area contributed by atoms with Gasteiger partial charge in [0, 0.05) is 0 Å². The molecule has 2 unspecified atom stereocenters. The van der Waals surface area contributed by atoms with E-state index in [-0.39, 0.29) is 5.48 Å². The molecule has 0 saturated heterocycles. The van der Waals surface area contributed by atoms with Crippen LogP contribution in [0.15, 0.2) is 0 Å². The molecule has 4 N–H and O–H groups in total. The number of hydrogen-bond acceptors (Lipinski definition) is 2. The van der Waals surface area contributed by atoms with Crippen molar-refractivity contribution in [2.75, 3.05) is 0 Å². The zero-order valence-electron chi connectivity index (χ0n) is 3.37. The van der Waals surface area contributed by atoms with E-state index < -0.39 is 17.4 Å². The van der Waals surface area contributed by atoms with Crippen molar-refractivity contribution in [1.29, 1.82) is 0 Å². The normalized spacial score (nSPS) is 8.29. The fourth-order valence-corrected chi connectivity index (χ4v) is 0. The summed E-state index contributed by atoms with van der Waals surface area (Å²) in [5, 5.41) is 0. The highest BCUT2D eigenvalue weighted by molar-refractivity contribution is 7.16. The first-order valence-corrected chi connectivity index (χ1v) is 2.96. The lowest BCUT2D eigenvalue weighted by molar-refractivity contribution is 0.523. The van der Waals surface area contributed by atoms with E-state index in [1.54, 1.807) is 0 Å². The molecule has 7 heavy (non-hydrogen) atoms. The van der Waals surface area contributed by atoms with Crippen LogP contribution < -0.4 is 0 Å². The van der Waals surface area contributed by atoms with Gasteiger partial charge in [0.25, 0.3) is 0 Å². The second-order valence-electron chi connectivity index (χ2n) is 0.211. The lowest BCUT2D eigenvalue weighted by atomic mass is 15.9. The standard InChI is InChI=1S/2H3O2P.H2O/c2*1-3-2;/h2*3H2,(H,1,2);1H2. The van der Waals surface area contributed by atoms with Gasteiger partial charge in [0.05, 0.1) is 0 Å². The van der Waals surface area contributed by atoms with Crippen LogP contribution >= 0.6 is 17.4 Å². The monoisotopic (exact) mass is 150 g/mol. The van der Waals surface area contributed by atoms with E-state index in [1.165, 1.54) is 0 Å². The first-order chi connectivity index (χ1) is 2.83. The van der Waals surface area contributed by atoms with Crippen LogP contribution in [0.3, 0.4) is 0 Å². The Morgan fingerprint density at radius 1 is 1.00 bits per heavy atom. The molecule has 0 aliphatic heterocycles. The highest BCUT2D eigenvalue weighted by atomic mass is 31.1. The van der Waals surface area contributed by atoms with Gasteiger partial charge >= 0.3 is 0 Å². The first-order valence-electron chi connectivity index (χ1n) is 0.988. The van der Waals surface area contributed by atoms with Crippen LogP contribution in [0.25, 0.3) is 0 Å². The molecule has 2 atom stereocenters. The van der Waals surface area contributed by atoms with Gasteiger partial charge in [0.1, 0.15) is 0 Å². The van der Waals surface area contributed by atoms with Crippen LogP contribution in [-0.2, 0) is 9.13 Å². The fraction of sp³-hybridized carbons (Fsp3) is 0. The van der Waals surface area contributed by atoms with Crippen molar-refractivity contribution < 1.29 is 24.4 Å². The molecular weight excluding hydrogens is 142 g/mol. The molecule has 0 fully saturated rings. The number of hydrogen-bond donors (Lipinski definition) is 2. The van der Waals surface area contributed by atoms with E-state index in [2.05, 4.69) is 0 Å². The fourth-order valence-electron chi connectivity index (χ4n) is 0. The molecule has 0 amide bonds. The van der Waals surface area contributed by atoms with Crippen LogP contribution in [0.2, 0.25) is 0 Å². The maximum Gasteiger partial charge on any atom is 0.177 e. The van der Waals surface area contributed by atoms with E-state index in [9.17, 15) is 0 Å². The van der Waals surface area contributed by atoms with E-state index in [1.807, 2.05) is 0 Å². The number of rotatable bonds is 0. The summed E-state index contributed by atoms with van der Waals surface area (Å²) in [6.07, 6.45) is 0. The second-order valence-corrected chi connectivity index (χ2v) is 0.632. The predicted molar refractivity (Wildman–Crippen MR) is 28.8 cm³/mol. The van der Waals surface area contributed by atoms with Crippen molar-refractivity contribution in [3.05, 3.63) is 0 Å². The molecule has 0 aliphatic carbocycles. The summed E-state index contributed by atoms with van der Waals surface area (Å²) in [5.74, 6) is 0. The van der Waals surface area contributed by atoms with E-state index >= 15 is 0 Å². The molecule has 0 spiro atoms. The van der Waals surface area contributed by atoms with Crippen molar-refractivity contribution in [3.63, 3.8) is 0 Å². The first kappa shape index (κ1) is 15.7. The molecule has 0 aromatic rings. The van der Waals surface area contributed by atoms with Gasteiger partial charge in [-0.1, -0.05) is 0 Å². The molecule has 0 rings (SSSR count). The Bertz CT molecular complexity index is 27.1. The molecule has 0 heterocycles. The predicted octanol–water partition coefficient (Wildman–Crippen LogP) is -1.52. The van der Waals surface area contributed by atoms with Gasteiger partial charge in [0.15, 0.2) is 17.4 Å². The molecule has 7 heteroatoms. The topological polar surface area (TPSA) is 106 Å². The van der Waals surface area contributed by atoms with Crippen LogP contribution in [0.1, 0.15) is 0 Å². The summed E-state index contributed by atoms with van der Waals surface area (Å²) in [5.41, 5.74) is 0. The summed E-state index contributed by atoms with van der Waals surface area (Å²) >= 11 is 0. The molecule has 0 aromatic heterocycles. The van der Waals surface area contributed by atoms with Gasteiger partial charge in [-0.25, -0.2) is 0 Å². The average molecular weight is 150 g/mol. The zero-order chi connectivity index (χ0) is 5.41. The third-order valence-corrected chi connectivity index (χ3v) is 0. The Balaban J connectivity index is -0.0000000400. The van der Waals surface area contributed by atoms with E-state index in [4.69, 9.17) is 18.9 Å². The van der Waals surface area contributed by atoms with Crippen molar-refractivity contribution in [2.45, 2.75) is 0 Å². The Morgan fingerprint density at radius 2 is 1.00 bits per heavy atom. The lowest BCUT2D eigenvalue weighted by Gasteiger charge is -1.33. The van der Waals surface area contributed by atoms with Gasteiger partial charge in [0.2, 0.25) is 0 Å². The van der Waals surface area contributed by atoms with Crippen molar-refractivity contribution in [3.8, 4) is 0 Å². The molecule has 5 nitrogen and oxygen atoms in total.